The van der Waals surface area contributed by atoms with Crippen molar-refractivity contribution in [3.8, 4) is 5.75 Å². The molecule has 0 saturated heterocycles. The van der Waals surface area contributed by atoms with E-state index < -0.39 is 32.6 Å². The van der Waals surface area contributed by atoms with E-state index in [4.69, 9.17) is 27.9 Å². The molecule has 2 N–H and O–H groups in total. The van der Waals surface area contributed by atoms with Crippen molar-refractivity contribution in [1.29, 1.82) is 0 Å². The van der Waals surface area contributed by atoms with Crippen molar-refractivity contribution in [1.82, 2.24) is 10.1 Å². The molecule has 3 aromatic carbocycles. The Balaban J connectivity index is 1.66. The largest absolute Gasteiger partial charge is 0.494 e. The third-order valence-corrected chi connectivity index (χ3v) is 7.43. The number of sulfonamides is 1. The number of hydrazone groups is 1. The smallest absolute Gasteiger partial charge is 0.244 e. The van der Waals surface area contributed by atoms with Gasteiger partial charge in [0, 0.05) is 16.5 Å². The average molecular weight is 540 g/mol. The van der Waals surface area contributed by atoms with Crippen LogP contribution in [-0.2, 0) is 10.0 Å². The highest BCUT2D eigenvalue weighted by Gasteiger charge is 2.33. The van der Waals surface area contributed by atoms with Gasteiger partial charge in [0.1, 0.15) is 22.3 Å². The molecular formula is C24H21Cl2F2N3O3S. The Morgan fingerprint density at radius 3 is 2.54 bits per heavy atom. The number of rotatable bonds is 8. The van der Waals surface area contributed by atoms with Crippen molar-refractivity contribution >= 4 is 38.9 Å². The highest BCUT2D eigenvalue weighted by Crippen LogP contribution is 2.34. The van der Waals surface area contributed by atoms with Crippen molar-refractivity contribution in [3.63, 3.8) is 0 Å². The molecule has 4 rings (SSSR count). The van der Waals surface area contributed by atoms with E-state index in [-0.39, 0.29) is 11.1 Å². The van der Waals surface area contributed by atoms with Crippen molar-refractivity contribution in [2.45, 2.75) is 30.3 Å². The highest BCUT2D eigenvalue weighted by atomic mass is 35.5. The fourth-order valence-corrected chi connectivity index (χ4v) is 5.56. The number of halogens is 4. The van der Waals surface area contributed by atoms with Crippen LogP contribution >= 0.6 is 23.2 Å². The summed E-state index contributed by atoms with van der Waals surface area (Å²) in [5.41, 5.74) is 4.70. The molecule has 35 heavy (non-hydrogen) atoms. The third kappa shape index (κ3) is 5.75. The van der Waals surface area contributed by atoms with Crippen molar-refractivity contribution in [3.05, 3.63) is 93.5 Å². The first-order chi connectivity index (χ1) is 16.7. The fourth-order valence-electron chi connectivity index (χ4n) is 3.75. The van der Waals surface area contributed by atoms with E-state index in [0.29, 0.717) is 35.4 Å². The summed E-state index contributed by atoms with van der Waals surface area (Å²) >= 11 is 12.4. The second-order valence-corrected chi connectivity index (χ2v) is 10.3. The molecule has 0 aliphatic carbocycles. The predicted octanol–water partition coefficient (Wildman–Crippen LogP) is 5.78. The molecule has 2 unspecified atom stereocenters. The Bertz CT molecular complexity index is 1370. The molecule has 2 atom stereocenters. The second kappa shape index (κ2) is 10.5. The van der Waals surface area contributed by atoms with Crippen molar-refractivity contribution < 1.29 is 21.9 Å². The molecule has 0 saturated carbocycles. The summed E-state index contributed by atoms with van der Waals surface area (Å²) in [6.45, 7) is 2.44. The van der Waals surface area contributed by atoms with Crippen LogP contribution in [-0.4, -0.2) is 20.7 Å². The minimum Gasteiger partial charge on any atom is -0.494 e. The number of ether oxygens (including phenoxy) is 1. The molecule has 1 heterocycles. The molecule has 0 aromatic heterocycles. The van der Waals surface area contributed by atoms with E-state index in [1.165, 1.54) is 6.07 Å². The molecule has 3 aromatic rings. The fraction of sp³-hybridized carbons (Fsp3) is 0.208. The molecule has 0 spiro atoms. The molecule has 0 amide bonds. The van der Waals surface area contributed by atoms with Gasteiger partial charge in [0.05, 0.1) is 24.4 Å². The number of nitrogens with zero attached hydrogens (tertiary/aromatic N) is 1. The zero-order chi connectivity index (χ0) is 25.2. The standard InChI is InChI=1S/C24H21Cl2F2N3O3S/c1-2-34-17-7-3-14(4-8-17)21-13-22(30-29-21)24(18-9-5-15(25)11-19(18)26)31-35(32,33)23-12-16(27)6-10-20(23)28/h3-12,21,24,29,31H,2,13H2,1H3. The molecule has 0 fully saturated rings. The SMILES string of the molecule is CCOc1ccc(C2CC(C(NS(=O)(=O)c3cc(F)ccc3F)c3ccc(Cl)cc3Cl)=NN2)cc1. The number of benzene rings is 3. The monoisotopic (exact) mass is 539 g/mol. The van der Waals surface area contributed by atoms with E-state index >= 15 is 0 Å². The van der Waals surface area contributed by atoms with Gasteiger partial charge in [-0.05, 0) is 60.5 Å². The van der Waals surface area contributed by atoms with Gasteiger partial charge >= 0.3 is 0 Å². The van der Waals surface area contributed by atoms with Crippen LogP contribution in [0.5, 0.6) is 5.75 Å². The first kappa shape index (κ1) is 25.4. The summed E-state index contributed by atoms with van der Waals surface area (Å²) in [5.74, 6) is -1.24. The minimum atomic E-state index is -4.50. The number of hydrogen-bond donors (Lipinski definition) is 2. The van der Waals surface area contributed by atoms with E-state index in [9.17, 15) is 17.2 Å². The van der Waals surface area contributed by atoms with Gasteiger partial charge in [-0.25, -0.2) is 17.2 Å². The van der Waals surface area contributed by atoms with Gasteiger partial charge in [-0.15, -0.1) is 0 Å². The molecule has 184 valence electrons. The van der Waals surface area contributed by atoms with Gasteiger partial charge < -0.3 is 10.2 Å². The molecule has 6 nitrogen and oxygen atoms in total. The maximum Gasteiger partial charge on any atom is 0.244 e. The first-order valence-electron chi connectivity index (χ1n) is 10.6. The molecular weight excluding hydrogens is 519 g/mol. The lowest BCUT2D eigenvalue weighted by Crippen LogP contribution is -2.34. The van der Waals surface area contributed by atoms with Crippen LogP contribution in [0, 0.1) is 11.6 Å². The maximum absolute atomic E-state index is 14.3. The summed E-state index contributed by atoms with van der Waals surface area (Å²) in [5, 5.41) is 4.91. The third-order valence-electron chi connectivity index (χ3n) is 5.43. The van der Waals surface area contributed by atoms with Crippen LogP contribution < -0.4 is 14.9 Å². The van der Waals surface area contributed by atoms with Crippen LogP contribution in [0.2, 0.25) is 10.0 Å². The van der Waals surface area contributed by atoms with E-state index in [1.807, 2.05) is 31.2 Å². The molecule has 0 bridgehead atoms. The van der Waals surface area contributed by atoms with E-state index in [0.717, 1.165) is 23.4 Å². The van der Waals surface area contributed by atoms with Gasteiger partial charge in [0.25, 0.3) is 0 Å². The van der Waals surface area contributed by atoms with E-state index in [1.54, 1.807) is 12.1 Å². The van der Waals surface area contributed by atoms with Crippen LogP contribution in [0.4, 0.5) is 8.78 Å². The van der Waals surface area contributed by atoms with Gasteiger partial charge in [-0.2, -0.15) is 9.82 Å². The van der Waals surface area contributed by atoms with Crippen LogP contribution in [0.1, 0.15) is 36.6 Å². The summed E-state index contributed by atoms with van der Waals surface area (Å²) in [6.07, 6.45) is 0.325. The lowest BCUT2D eigenvalue weighted by atomic mass is 9.96. The lowest BCUT2D eigenvalue weighted by molar-refractivity contribution is 0.340. The van der Waals surface area contributed by atoms with Crippen molar-refractivity contribution in [2.24, 2.45) is 5.10 Å². The zero-order valence-corrected chi connectivity index (χ0v) is 20.8. The highest BCUT2D eigenvalue weighted by molar-refractivity contribution is 7.89. The Kier molecular flexibility index (Phi) is 7.61. The average Bonchev–Trinajstić information content (AvgIpc) is 3.30. The first-order valence-corrected chi connectivity index (χ1v) is 12.9. The lowest BCUT2D eigenvalue weighted by Gasteiger charge is -2.21. The molecule has 0 radical (unpaired) electrons. The van der Waals surface area contributed by atoms with Crippen molar-refractivity contribution in [2.75, 3.05) is 6.61 Å². The normalized spacial score (nSPS) is 16.5. The Labute approximate surface area is 212 Å². The van der Waals surface area contributed by atoms with Crippen LogP contribution in [0.15, 0.2) is 70.7 Å². The van der Waals surface area contributed by atoms with E-state index in [2.05, 4.69) is 15.2 Å². The van der Waals surface area contributed by atoms with Gasteiger partial charge in [0.2, 0.25) is 10.0 Å². The number of hydrogen-bond acceptors (Lipinski definition) is 5. The minimum absolute atomic E-state index is 0.192. The maximum atomic E-state index is 14.3. The zero-order valence-electron chi connectivity index (χ0n) is 18.4. The Hall–Kier alpha value is -2.72. The Morgan fingerprint density at radius 1 is 1.11 bits per heavy atom. The van der Waals surface area contributed by atoms with Crippen LogP contribution in [0.3, 0.4) is 0 Å². The predicted molar refractivity (Wildman–Crippen MR) is 131 cm³/mol. The second-order valence-electron chi connectivity index (χ2n) is 7.79. The Morgan fingerprint density at radius 2 is 1.86 bits per heavy atom. The topological polar surface area (TPSA) is 79.8 Å². The number of nitrogens with one attached hydrogen (secondary N) is 2. The summed E-state index contributed by atoms with van der Waals surface area (Å²) in [4.78, 5) is -0.817. The molecule has 1 aliphatic heterocycles. The summed E-state index contributed by atoms with van der Waals surface area (Å²) < 4.78 is 62.1. The van der Waals surface area contributed by atoms with Gasteiger partial charge in [-0.1, -0.05) is 41.4 Å². The summed E-state index contributed by atoms with van der Waals surface area (Å²) in [7, 11) is -4.50. The van der Waals surface area contributed by atoms with Crippen LogP contribution in [0.25, 0.3) is 0 Å². The molecule has 1 aliphatic rings. The quantitative estimate of drug-likeness (QED) is 0.380. The van der Waals surface area contributed by atoms with Gasteiger partial charge in [0.15, 0.2) is 0 Å². The van der Waals surface area contributed by atoms with Gasteiger partial charge in [-0.3, -0.25) is 0 Å². The molecule has 11 heteroatoms. The summed E-state index contributed by atoms with van der Waals surface area (Å²) in [6, 6.07) is 12.9.